The van der Waals surface area contributed by atoms with Gasteiger partial charge in [0.1, 0.15) is 11.6 Å². The van der Waals surface area contributed by atoms with Crippen molar-refractivity contribution in [3.8, 4) is 0 Å². The van der Waals surface area contributed by atoms with Crippen molar-refractivity contribution in [1.82, 2.24) is 10.2 Å². The summed E-state index contributed by atoms with van der Waals surface area (Å²) in [7, 11) is 0. The van der Waals surface area contributed by atoms with Crippen molar-refractivity contribution in [3.63, 3.8) is 0 Å². The molecule has 2 aliphatic rings. The molecule has 5 heteroatoms. The van der Waals surface area contributed by atoms with E-state index in [1.807, 2.05) is 20.8 Å². The van der Waals surface area contributed by atoms with Crippen LogP contribution >= 0.6 is 0 Å². The van der Waals surface area contributed by atoms with Crippen molar-refractivity contribution in [2.75, 3.05) is 6.61 Å². The molecule has 2 amide bonds. The average Bonchev–Trinajstić information content (AvgIpc) is 2.81. The van der Waals surface area contributed by atoms with Gasteiger partial charge in [-0.25, -0.2) is 0 Å². The van der Waals surface area contributed by atoms with Crippen LogP contribution in [0.1, 0.15) is 47.0 Å². The molecule has 2 saturated heterocycles. The minimum Gasteiger partial charge on any atom is -0.376 e. The molecule has 0 aliphatic carbocycles. The maximum absolute atomic E-state index is 12.9. The molecule has 3 unspecified atom stereocenters. The molecule has 1 N–H and O–H groups in total. The Balaban J connectivity index is 2.34. The van der Waals surface area contributed by atoms with E-state index < -0.39 is 11.6 Å². The smallest absolute Gasteiger partial charge is 0.249 e. The average molecular weight is 268 g/mol. The minimum atomic E-state index is -0.730. The van der Waals surface area contributed by atoms with Gasteiger partial charge in [-0.1, -0.05) is 13.8 Å². The van der Waals surface area contributed by atoms with Gasteiger partial charge in [-0.3, -0.25) is 9.59 Å². The summed E-state index contributed by atoms with van der Waals surface area (Å²) in [5.41, 5.74) is -0.730. The van der Waals surface area contributed by atoms with E-state index in [-0.39, 0.29) is 24.0 Å². The molecule has 2 heterocycles. The van der Waals surface area contributed by atoms with E-state index in [1.54, 1.807) is 11.8 Å². The first-order chi connectivity index (χ1) is 8.96. The highest BCUT2D eigenvalue weighted by atomic mass is 16.5. The van der Waals surface area contributed by atoms with Crippen molar-refractivity contribution < 1.29 is 14.3 Å². The normalized spacial score (nSPS) is 34.5. The summed E-state index contributed by atoms with van der Waals surface area (Å²) >= 11 is 0. The summed E-state index contributed by atoms with van der Waals surface area (Å²) in [5.74, 6) is -0.00523. The highest BCUT2D eigenvalue weighted by molar-refractivity contribution is 5.99. The Hall–Kier alpha value is -1.10. The van der Waals surface area contributed by atoms with Gasteiger partial charge < -0.3 is 15.0 Å². The molecule has 5 nitrogen and oxygen atoms in total. The molecule has 0 aromatic rings. The topological polar surface area (TPSA) is 58.6 Å². The maximum Gasteiger partial charge on any atom is 0.249 e. The number of amides is 2. The molecular weight excluding hydrogens is 244 g/mol. The van der Waals surface area contributed by atoms with Crippen LogP contribution in [0.3, 0.4) is 0 Å². The van der Waals surface area contributed by atoms with E-state index in [2.05, 4.69) is 5.32 Å². The van der Waals surface area contributed by atoms with E-state index in [1.165, 1.54) is 0 Å². The van der Waals surface area contributed by atoms with Crippen LogP contribution in [0.2, 0.25) is 0 Å². The van der Waals surface area contributed by atoms with Gasteiger partial charge in [0, 0.05) is 6.61 Å². The largest absolute Gasteiger partial charge is 0.376 e. The van der Waals surface area contributed by atoms with Crippen LogP contribution in [0, 0.1) is 0 Å². The third-order valence-corrected chi connectivity index (χ3v) is 4.70. The van der Waals surface area contributed by atoms with E-state index >= 15 is 0 Å². The maximum atomic E-state index is 12.9. The number of hydrogen-bond acceptors (Lipinski definition) is 3. The third-order valence-electron chi connectivity index (χ3n) is 4.70. The van der Waals surface area contributed by atoms with Gasteiger partial charge in [0.15, 0.2) is 0 Å². The molecular formula is C14H24N2O3. The van der Waals surface area contributed by atoms with Gasteiger partial charge in [0.05, 0.1) is 12.1 Å². The van der Waals surface area contributed by atoms with Gasteiger partial charge >= 0.3 is 0 Å². The molecule has 108 valence electrons. The molecule has 0 spiro atoms. The van der Waals surface area contributed by atoms with Gasteiger partial charge in [0.2, 0.25) is 11.8 Å². The highest BCUT2D eigenvalue weighted by Gasteiger charge is 2.51. The first-order valence-electron chi connectivity index (χ1n) is 7.23. The second-order valence-corrected chi connectivity index (χ2v) is 5.60. The molecule has 0 aromatic carbocycles. The lowest BCUT2D eigenvalue weighted by Crippen LogP contribution is -2.71. The molecule has 3 atom stereocenters. The van der Waals surface area contributed by atoms with Crippen molar-refractivity contribution in [1.29, 1.82) is 0 Å². The Morgan fingerprint density at radius 2 is 1.95 bits per heavy atom. The fourth-order valence-corrected chi connectivity index (χ4v) is 3.20. The summed E-state index contributed by atoms with van der Waals surface area (Å²) in [6, 6.07) is -0.390. The zero-order chi connectivity index (χ0) is 14.2. The Labute approximate surface area is 114 Å². The Morgan fingerprint density at radius 1 is 1.32 bits per heavy atom. The number of rotatable bonds is 3. The summed E-state index contributed by atoms with van der Waals surface area (Å²) in [4.78, 5) is 26.8. The molecule has 2 aliphatic heterocycles. The molecule has 19 heavy (non-hydrogen) atoms. The molecule has 0 saturated carbocycles. The number of nitrogens with zero attached hydrogens (tertiary/aromatic N) is 1. The summed E-state index contributed by atoms with van der Waals surface area (Å²) in [6.45, 7) is 8.33. The van der Waals surface area contributed by atoms with Crippen LogP contribution in [0.5, 0.6) is 0 Å². The fraction of sp³-hybridized carbons (Fsp3) is 0.857. The second kappa shape index (κ2) is 5.12. The van der Waals surface area contributed by atoms with Gasteiger partial charge in [-0.05, 0) is 33.1 Å². The van der Waals surface area contributed by atoms with Crippen molar-refractivity contribution >= 4 is 11.8 Å². The third kappa shape index (κ3) is 2.14. The number of piperazine rings is 1. The fourth-order valence-electron chi connectivity index (χ4n) is 3.20. The van der Waals surface area contributed by atoms with Crippen LogP contribution in [0.25, 0.3) is 0 Å². The molecule has 2 rings (SSSR count). The lowest BCUT2D eigenvalue weighted by molar-refractivity contribution is -0.158. The Morgan fingerprint density at radius 3 is 2.42 bits per heavy atom. The standard InChI is InChI=1S/C14H24N2O3/c1-5-14(6-2)13(18)16(9(3)12(17)15-14)11-7-8-19-10(11)4/h9-11H,5-8H2,1-4H3,(H,15,17). The lowest BCUT2D eigenvalue weighted by Gasteiger charge is -2.47. The quantitative estimate of drug-likeness (QED) is 0.833. The Bertz CT molecular complexity index is 379. The Kier molecular flexibility index (Phi) is 3.85. The summed E-state index contributed by atoms with van der Waals surface area (Å²) in [6.07, 6.45) is 2.07. The predicted octanol–water partition coefficient (Wildman–Crippen LogP) is 1.07. The van der Waals surface area contributed by atoms with E-state index in [0.717, 1.165) is 6.42 Å². The van der Waals surface area contributed by atoms with Gasteiger partial charge in [-0.2, -0.15) is 0 Å². The number of nitrogens with one attached hydrogen (secondary N) is 1. The lowest BCUT2D eigenvalue weighted by atomic mass is 9.86. The monoisotopic (exact) mass is 268 g/mol. The summed E-state index contributed by atoms with van der Waals surface area (Å²) in [5, 5.41) is 2.93. The summed E-state index contributed by atoms with van der Waals surface area (Å²) < 4.78 is 5.56. The van der Waals surface area contributed by atoms with Crippen LogP contribution < -0.4 is 5.32 Å². The molecule has 0 radical (unpaired) electrons. The zero-order valence-corrected chi connectivity index (χ0v) is 12.2. The highest BCUT2D eigenvalue weighted by Crippen LogP contribution is 2.30. The first kappa shape index (κ1) is 14.3. The van der Waals surface area contributed by atoms with Crippen molar-refractivity contribution in [2.24, 2.45) is 0 Å². The molecule has 0 bridgehead atoms. The van der Waals surface area contributed by atoms with Crippen molar-refractivity contribution in [3.05, 3.63) is 0 Å². The number of carbonyl (C=O) groups is 2. The molecule has 2 fully saturated rings. The van der Waals surface area contributed by atoms with E-state index in [0.29, 0.717) is 19.4 Å². The van der Waals surface area contributed by atoms with Crippen LogP contribution in [0.4, 0.5) is 0 Å². The van der Waals surface area contributed by atoms with Crippen LogP contribution in [-0.2, 0) is 14.3 Å². The second-order valence-electron chi connectivity index (χ2n) is 5.60. The van der Waals surface area contributed by atoms with Gasteiger partial charge in [0.25, 0.3) is 0 Å². The number of hydrogen-bond donors (Lipinski definition) is 1. The SMILES string of the molecule is CCC1(CC)NC(=O)C(C)N(C2CCOC2C)C1=O. The minimum absolute atomic E-state index is 0.00344. The number of ether oxygens (including phenoxy) is 1. The van der Waals surface area contributed by atoms with E-state index in [4.69, 9.17) is 4.74 Å². The van der Waals surface area contributed by atoms with Crippen LogP contribution in [-0.4, -0.2) is 47.0 Å². The first-order valence-corrected chi connectivity index (χ1v) is 7.23. The van der Waals surface area contributed by atoms with E-state index in [9.17, 15) is 9.59 Å². The molecule has 0 aromatic heterocycles. The number of carbonyl (C=O) groups excluding carboxylic acids is 2. The van der Waals surface area contributed by atoms with Crippen LogP contribution in [0.15, 0.2) is 0 Å². The predicted molar refractivity (Wildman–Crippen MR) is 71.6 cm³/mol. The van der Waals surface area contributed by atoms with Gasteiger partial charge in [-0.15, -0.1) is 0 Å². The van der Waals surface area contributed by atoms with Crippen molar-refractivity contribution in [2.45, 2.75) is 70.7 Å². The zero-order valence-electron chi connectivity index (χ0n) is 12.2.